The van der Waals surface area contributed by atoms with Gasteiger partial charge in [0.05, 0.1) is 11.0 Å². The van der Waals surface area contributed by atoms with Gasteiger partial charge in [0.15, 0.2) is 0 Å². The van der Waals surface area contributed by atoms with Crippen LogP contribution in [0.15, 0.2) is 16.6 Å². The summed E-state index contributed by atoms with van der Waals surface area (Å²) in [5.41, 5.74) is 0.225. The average molecular weight is 294 g/mol. The minimum absolute atomic E-state index is 0.207. The summed E-state index contributed by atoms with van der Waals surface area (Å²) < 4.78 is 13.0. The van der Waals surface area contributed by atoms with Crippen LogP contribution in [0.2, 0.25) is 0 Å². The molecule has 16 heavy (non-hydrogen) atoms. The first-order valence-electron chi connectivity index (χ1n) is 4.05. The highest BCUT2D eigenvalue weighted by molar-refractivity contribution is 9.10. The highest BCUT2D eigenvalue weighted by atomic mass is 79.9. The lowest BCUT2D eigenvalue weighted by molar-refractivity contribution is -0.385. The van der Waals surface area contributed by atoms with Crippen molar-refractivity contribution in [3.8, 4) is 0 Å². The van der Waals surface area contributed by atoms with Gasteiger partial charge in [-0.3, -0.25) is 14.9 Å². The van der Waals surface area contributed by atoms with E-state index in [2.05, 4.69) is 15.9 Å². The maximum Gasteiger partial charge on any atom is 0.300 e. The number of nitro benzene ring substituents is 1. The Morgan fingerprint density at radius 3 is 2.38 bits per heavy atom. The number of hydrogen-bond acceptors (Lipinski definition) is 3. The van der Waals surface area contributed by atoms with Gasteiger partial charge in [-0.2, -0.15) is 0 Å². The summed E-state index contributed by atoms with van der Waals surface area (Å²) in [4.78, 5) is 18.7. The van der Waals surface area contributed by atoms with Crippen molar-refractivity contribution >= 4 is 27.6 Å². The van der Waals surface area contributed by atoms with E-state index in [9.17, 15) is 14.5 Å². The predicted molar refractivity (Wildman–Crippen MR) is 58.8 cm³/mol. The molecule has 0 heterocycles. The maximum absolute atomic E-state index is 12.6. The molecule has 0 unspecified atom stereocenters. The number of carbonyl (C=O) groups is 1. The molecule has 0 aromatic heterocycles. The van der Waals surface area contributed by atoms with Crippen molar-refractivity contribution in [1.82, 2.24) is 0 Å². The van der Waals surface area contributed by atoms with Crippen LogP contribution in [0.1, 0.15) is 12.5 Å². The van der Waals surface area contributed by atoms with Crippen LogP contribution in [0.5, 0.6) is 0 Å². The van der Waals surface area contributed by atoms with Crippen LogP contribution in [0.4, 0.5) is 10.1 Å². The molecular formula is C9H9BrFNO4. The normalized spacial score (nSPS) is 9.00. The van der Waals surface area contributed by atoms with Gasteiger partial charge in [-0.1, -0.05) is 15.9 Å². The number of rotatable bonds is 1. The Labute approximate surface area is 99.2 Å². The van der Waals surface area contributed by atoms with E-state index in [0.717, 1.165) is 13.0 Å². The fourth-order valence-corrected chi connectivity index (χ4v) is 1.24. The van der Waals surface area contributed by atoms with E-state index in [1.165, 1.54) is 6.07 Å². The van der Waals surface area contributed by atoms with Gasteiger partial charge in [0, 0.05) is 17.0 Å². The Morgan fingerprint density at radius 2 is 2.00 bits per heavy atom. The van der Waals surface area contributed by atoms with Gasteiger partial charge in [-0.25, -0.2) is 4.39 Å². The highest BCUT2D eigenvalue weighted by Crippen LogP contribution is 2.26. The van der Waals surface area contributed by atoms with Gasteiger partial charge in [0.1, 0.15) is 5.82 Å². The first kappa shape index (κ1) is 14.5. The molecular weight excluding hydrogens is 285 g/mol. The van der Waals surface area contributed by atoms with Crippen LogP contribution in [-0.4, -0.2) is 16.0 Å². The zero-order valence-corrected chi connectivity index (χ0v) is 10.1. The molecule has 1 N–H and O–H groups in total. The van der Waals surface area contributed by atoms with Gasteiger partial charge in [-0.05, 0) is 13.0 Å². The number of nitro groups is 1. The second kappa shape index (κ2) is 6.16. The van der Waals surface area contributed by atoms with E-state index < -0.39 is 16.7 Å². The fourth-order valence-electron chi connectivity index (χ4n) is 0.822. The predicted octanol–water partition coefficient (Wildman–Crippen LogP) is 2.90. The standard InChI is InChI=1S/C7H5BrFNO2.C2H4O2/c1-4-6(8)2-5(9)3-7(4)10(11)12;1-2(3)4/h2-3H,1H3;1H3,(H,3,4). The molecule has 0 saturated heterocycles. The van der Waals surface area contributed by atoms with E-state index in [4.69, 9.17) is 9.90 Å². The lowest BCUT2D eigenvalue weighted by Crippen LogP contribution is -1.93. The molecule has 1 rings (SSSR count). The minimum atomic E-state index is -0.833. The summed E-state index contributed by atoms with van der Waals surface area (Å²) in [5, 5.41) is 17.8. The smallest absolute Gasteiger partial charge is 0.300 e. The third-order valence-electron chi connectivity index (χ3n) is 1.48. The number of aliphatic carboxylic acids is 1. The van der Waals surface area contributed by atoms with Crippen molar-refractivity contribution in [3.05, 3.63) is 38.1 Å². The molecule has 1 aromatic carbocycles. The molecule has 0 saturated carbocycles. The van der Waals surface area contributed by atoms with Crippen LogP contribution >= 0.6 is 15.9 Å². The topological polar surface area (TPSA) is 80.4 Å². The Bertz CT molecular complexity index is 418. The molecule has 0 atom stereocenters. The number of carboxylic acid groups (broad SMARTS) is 1. The Morgan fingerprint density at radius 1 is 1.56 bits per heavy atom. The third-order valence-corrected chi connectivity index (χ3v) is 2.30. The second-order valence-electron chi connectivity index (χ2n) is 2.81. The minimum Gasteiger partial charge on any atom is -0.481 e. The lowest BCUT2D eigenvalue weighted by atomic mass is 10.2. The van der Waals surface area contributed by atoms with Crippen LogP contribution < -0.4 is 0 Å². The first-order valence-corrected chi connectivity index (χ1v) is 4.84. The fraction of sp³-hybridized carbons (Fsp3) is 0.222. The van der Waals surface area contributed by atoms with Crippen LogP contribution in [0, 0.1) is 22.9 Å². The summed E-state index contributed by atoms with van der Waals surface area (Å²) in [6.45, 7) is 2.64. The van der Waals surface area contributed by atoms with Crippen molar-refractivity contribution < 1.29 is 19.2 Å². The molecule has 0 bridgehead atoms. The zero-order chi connectivity index (χ0) is 12.9. The molecule has 1 aromatic rings. The third kappa shape index (κ3) is 4.83. The quantitative estimate of drug-likeness (QED) is 0.638. The van der Waals surface area contributed by atoms with E-state index in [1.807, 2.05) is 0 Å². The molecule has 7 heteroatoms. The molecule has 0 aliphatic heterocycles. The summed E-state index contributed by atoms with van der Waals surface area (Å²) in [7, 11) is 0. The van der Waals surface area contributed by atoms with E-state index in [-0.39, 0.29) is 5.69 Å². The highest BCUT2D eigenvalue weighted by Gasteiger charge is 2.14. The van der Waals surface area contributed by atoms with Crippen LogP contribution in [0.25, 0.3) is 0 Å². The molecule has 0 amide bonds. The maximum atomic E-state index is 12.6. The number of hydrogen-bond donors (Lipinski definition) is 1. The molecule has 0 aliphatic carbocycles. The molecule has 5 nitrogen and oxygen atoms in total. The average Bonchev–Trinajstić information content (AvgIpc) is 2.09. The van der Waals surface area contributed by atoms with Crippen molar-refractivity contribution in [1.29, 1.82) is 0 Å². The first-order chi connectivity index (χ1) is 7.25. The lowest BCUT2D eigenvalue weighted by Gasteiger charge is -1.99. The van der Waals surface area contributed by atoms with Crippen molar-refractivity contribution in [3.63, 3.8) is 0 Å². The van der Waals surface area contributed by atoms with Crippen LogP contribution in [0.3, 0.4) is 0 Å². The number of halogens is 2. The molecule has 0 fully saturated rings. The van der Waals surface area contributed by atoms with Gasteiger partial charge in [0.25, 0.3) is 11.7 Å². The summed E-state index contributed by atoms with van der Waals surface area (Å²) >= 11 is 3.02. The Balaban J connectivity index is 0.000000487. The Hall–Kier alpha value is -1.50. The monoisotopic (exact) mass is 293 g/mol. The number of benzene rings is 1. The molecule has 88 valence electrons. The zero-order valence-electron chi connectivity index (χ0n) is 8.53. The largest absolute Gasteiger partial charge is 0.481 e. The summed E-state index contributed by atoms with van der Waals surface area (Å²) in [5.74, 6) is -1.45. The number of carboxylic acids is 1. The summed E-state index contributed by atoms with van der Waals surface area (Å²) in [6.07, 6.45) is 0. The van der Waals surface area contributed by atoms with E-state index in [0.29, 0.717) is 10.0 Å². The Kier molecular flexibility index (Phi) is 5.59. The molecule has 0 aliphatic rings. The van der Waals surface area contributed by atoms with Gasteiger partial charge in [0.2, 0.25) is 0 Å². The van der Waals surface area contributed by atoms with Crippen LogP contribution in [-0.2, 0) is 4.79 Å². The second-order valence-corrected chi connectivity index (χ2v) is 3.66. The van der Waals surface area contributed by atoms with E-state index in [1.54, 1.807) is 6.92 Å². The van der Waals surface area contributed by atoms with Crippen molar-refractivity contribution in [2.24, 2.45) is 0 Å². The van der Waals surface area contributed by atoms with Crippen molar-refractivity contribution in [2.45, 2.75) is 13.8 Å². The van der Waals surface area contributed by atoms with E-state index >= 15 is 0 Å². The van der Waals surface area contributed by atoms with Gasteiger partial charge >= 0.3 is 0 Å². The van der Waals surface area contributed by atoms with Gasteiger partial charge < -0.3 is 5.11 Å². The van der Waals surface area contributed by atoms with Gasteiger partial charge in [-0.15, -0.1) is 0 Å². The summed E-state index contributed by atoms with van der Waals surface area (Å²) in [6, 6.07) is 2.10. The SMILES string of the molecule is CC(=O)O.Cc1c(Br)cc(F)cc1[N+](=O)[O-]. The number of nitrogens with zero attached hydrogens (tertiary/aromatic N) is 1. The van der Waals surface area contributed by atoms with Crippen molar-refractivity contribution in [2.75, 3.05) is 0 Å². The molecule has 0 radical (unpaired) electrons. The molecule has 0 spiro atoms.